The summed E-state index contributed by atoms with van der Waals surface area (Å²) in [4.78, 5) is 14.5. The molecule has 114 valence electrons. The van der Waals surface area contributed by atoms with Crippen LogP contribution in [-0.4, -0.2) is 29.0 Å². The van der Waals surface area contributed by atoms with Gasteiger partial charge in [0.1, 0.15) is 10.5 Å². The van der Waals surface area contributed by atoms with Crippen molar-refractivity contribution in [3.8, 4) is 11.3 Å². The summed E-state index contributed by atoms with van der Waals surface area (Å²) in [6.07, 6.45) is 0. The highest BCUT2D eigenvalue weighted by atomic mass is 32.1. The van der Waals surface area contributed by atoms with Gasteiger partial charge in [-0.15, -0.1) is 0 Å². The van der Waals surface area contributed by atoms with Crippen LogP contribution in [0.1, 0.15) is 5.82 Å². The molecule has 4 nitrogen and oxygen atoms in total. The SMILES string of the molecule is Cc1nc(-c2ccc(F)c(F)c2F)c2sc(N(C)C)nc2n1. The van der Waals surface area contributed by atoms with Gasteiger partial charge in [0.15, 0.2) is 28.2 Å². The van der Waals surface area contributed by atoms with Crippen molar-refractivity contribution in [3.63, 3.8) is 0 Å². The molecule has 0 bridgehead atoms. The molecule has 0 N–H and O–H groups in total. The highest BCUT2D eigenvalue weighted by Gasteiger charge is 2.20. The molecule has 2 aromatic heterocycles. The van der Waals surface area contributed by atoms with Gasteiger partial charge in [0.2, 0.25) is 0 Å². The van der Waals surface area contributed by atoms with Crippen molar-refractivity contribution in [3.05, 3.63) is 35.4 Å². The molecule has 0 spiro atoms. The smallest absolute Gasteiger partial charge is 0.195 e. The lowest BCUT2D eigenvalue weighted by molar-refractivity contribution is 0.449. The molecule has 0 amide bonds. The molecule has 0 saturated carbocycles. The molecule has 3 rings (SSSR count). The summed E-state index contributed by atoms with van der Waals surface area (Å²) in [5.41, 5.74) is 0.508. The summed E-state index contributed by atoms with van der Waals surface area (Å²) in [6.45, 7) is 1.63. The number of benzene rings is 1. The fourth-order valence-corrected chi connectivity index (χ4v) is 2.94. The molecule has 0 saturated heterocycles. The second-order valence-corrected chi connectivity index (χ2v) is 5.86. The number of halogens is 3. The van der Waals surface area contributed by atoms with Gasteiger partial charge >= 0.3 is 0 Å². The van der Waals surface area contributed by atoms with Crippen molar-refractivity contribution in [2.24, 2.45) is 0 Å². The molecule has 2 heterocycles. The summed E-state index contributed by atoms with van der Waals surface area (Å²) in [7, 11) is 3.63. The molecule has 22 heavy (non-hydrogen) atoms. The monoisotopic (exact) mass is 324 g/mol. The minimum Gasteiger partial charge on any atom is -0.354 e. The first kappa shape index (κ1) is 14.7. The van der Waals surface area contributed by atoms with Crippen molar-refractivity contribution < 1.29 is 13.2 Å². The summed E-state index contributed by atoms with van der Waals surface area (Å²) in [6, 6.07) is 2.05. The summed E-state index contributed by atoms with van der Waals surface area (Å²) < 4.78 is 41.2. The third-order valence-corrected chi connectivity index (χ3v) is 4.25. The van der Waals surface area contributed by atoms with Gasteiger partial charge in [-0.2, -0.15) is 4.98 Å². The van der Waals surface area contributed by atoms with Crippen LogP contribution in [0.2, 0.25) is 0 Å². The average molecular weight is 324 g/mol. The Kier molecular flexibility index (Phi) is 3.48. The van der Waals surface area contributed by atoms with Gasteiger partial charge in [-0.1, -0.05) is 11.3 Å². The highest BCUT2D eigenvalue weighted by molar-refractivity contribution is 7.22. The third kappa shape index (κ3) is 2.29. The van der Waals surface area contributed by atoms with E-state index >= 15 is 0 Å². The molecule has 8 heteroatoms. The van der Waals surface area contributed by atoms with E-state index in [1.165, 1.54) is 17.4 Å². The van der Waals surface area contributed by atoms with Crippen molar-refractivity contribution in [2.75, 3.05) is 19.0 Å². The molecule has 0 unspecified atom stereocenters. The molecule has 0 aliphatic heterocycles. The predicted molar refractivity (Wildman–Crippen MR) is 79.6 cm³/mol. The van der Waals surface area contributed by atoms with Gasteiger partial charge in [0.25, 0.3) is 0 Å². The van der Waals surface area contributed by atoms with Gasteiger partial charge in [-0.25, -0.2) is 23.1 Å². The van der Waals surface area contributed by atoms with Crippen LogP contribution in [0.25, 0.3) is 21.6 Å². The number of aromatic nitrogens is 3. The van der Waals surface area contributed by atoms with Crippen molar-refractivity contribution in [2.45, 2.75) is 6.92 Å². The summed E-state index contributed by atoms with van der Waals surface area (Å²) in [5, 5.41) is 0.666. The first-order valence-corrected chi connectivity index (χ1v) is 7.16. The van der Waals surface area contributed by atoms with E-state index in [9.17, 15) is 13.2 Å². The van der Waals surface area contributed by atoms with E-state index < -0.39 is 17.5 Å². The van der Waals surface area contributed by atoms with Gasteiger partial charge in [0, 0.05) is 19.7 Å². The Morgan fingerprint density at radius 3 is 2.41 bits per heavy atom. The van der Waals surface area contributed by atoms with E-state index in [1.807, 2.05) is 14.1 Å². The molecule has 0 aliphatic carbocycles. The number of rotatable bonds is 2. The lowest BCUT2D eigenvalue weighted by Gasteiger charge is -2.06. The molecule has 0 radical (unpaired) electrons. The maximum Gasteiger partial charge on any atom is 0.195 e. The largest absolute Gasteiger partial charge is 0.354 e. The van der Waals surface area contributed by atoms with Gasteiger partial charge < -0.3 is 4.90 Å². The van der Waals surface area contributed by atoms with E-state index in [0.717, 1.165) is 6.07 Å². The maximum absolute atomic E-state index is 14.1. The van der Waals surface area contributed by atoms with E-state index in [1.54, 1.807) is 11.8 Å². The Labute approximate surface area is 128 Å². The molecular weight excluding hydrogens is 313 g/mol. The molecule has 0 aliphatic rings. The van der Waals surface area contributed by atoms with Crippen LogP contribution < -0.4 is 4.90 Å². The first-order valence-electron chi connectivity index (χ1n) is 6.35. The molecule has 0 atom stereocenters. The van der Waals surface area contributed by atoms with Crippen LogP contribution in [0.5, 0.6) is 0 Å². The van der Waals surface area contributed by atoms with Gasteiger partial charge in [0.05, 0.1) is 5.69 Å². The molecule has 1 aromatic carbocycles. The van der Waals surface area contributed by atoms with Crippen LogP contribution in [0.4, 0.5) is 18.3 Å². The number of anilines is 1. The average Bonchev–Trinajstić information content (AvgIpc) is 2.88. The van der Waals surface area contributed by atoms with Crippen LogP contribution in [0, 0.1) is 24.4 Å². The fraction of sp³-hybridized carbons (Fsp3) is 0.214. The number of thiazole rings is 1. The van der Waals surface area contributed by atoms with Crippen molar-refractivity contribution in [1.82, 2.24) is 15.0 Å². The lowest BCUT2D eigenvalue weighted by atomic mass is 10.1. The summed E-state index contributed by atoms with van der Waals surface area (Å²) >= 11 is 1.26. The minimum absolute atomic E-state index is 0.108. The molecule has 0 fully saturated rings. The number of fused-ring (bicyclic) bond motifs is 1. The topological polar surface area (TPSA) is 41.9 Å². The zero-order chi connectivity index (χ0) is 16.0. The Bertz CT molecular complexity index is 876. The molecule has 3 aromatic rings. The van der Waals surface area contributed by atoms with E-state index in [-0.39, 0.29) is 11.3 Å². The predicted octanol–water partition coefficient (Wildman–Crippen LogP) is 3.55. The number of hydrogen-bond acceptors (Lipinski definition) is 5. The second-order valence-electron chi connectivity index (χ2n) is 4.89. The Balaban J connectivity index is 2.33. The van der Waals surface area contributed by atoms with Crippen molar-refractivity contribution in [1.29, 1.82) is 0 Å². The van der Waals surface area contributed by atoms with Crippen LogP contribution in [-0.2, 0) is 0 Å². The Hall–Kier alpha value is -2.22. The zero-order valence-corrected chi connectivity index (χ0v) is 12.8. The third-order valence-electron chi connectivity index (χ3n) is 3.03. The van der Waals surface area contributed by atoms with Crippen LogP contribution >= 0.6 is 11.3 Å². The van der Waals surface area contributed by atoms with Crippen LogP contribution in [0.15, 0.2) is 12.1 Å². The maximum atomic E-state index is 14.1. The van der Waals surface area contributed by atoms with Crippen LogP contribution in [0.3, 0.4) is 0 Å². The second kappa shape index (κ2) is 5.20. The van der Waals surface area contributed by atoms with E-state index in [0.29, 0.717) is 21.3 Å². The summed E-state index contributed by atoms with van der Waals surface area (Å²) in [5.74, 6) is -3.64. The van der Waals surface area contributed by atoms with E-state index in [4.69, 9.17) is 0 Å². The minimum atomic E-state index is -1.51. The lowest BCUT2D eigenvalue weighted by Crippen LogP contribution is -2.07. The quantitative estimate of drug-likeness (QED) is 0.676. The fourth-order valence-electron chi connectivity index (χ4n) is 2.00. The number of nitrogens with zero attached hydrogens (tertiary/aromatic N) is 4. The highest BCUT2D eigenvalue weighted by Crippen LogP contribution is 2.35. The normalized spacial score (nSPS) is 11.2. The van der Waals surface area contributed by atoms with Gasteiger partial charge in [-0.05, 0) is 19.1 Å². The Morgan fingerprint density at radius 1 is 1.00 bits per heavy atom. The number of aryl methyl sites for hydroxylation is 1. The standard InChI is InChI=1S/C14H11F3N4S/c1-6-18-11(7-4-5-8(15)10(17)9(7)16)12-13(19-6)20-14(22-12)21(2)3/h4-5H,1-3H3. The number of hydrogen-bond donors (Lipinski definition) is 0. The first-order chi connectivity index (χ1) is 10.4. The van der Waals surface area contributed by atoms with Crippen molar-refractivity contribution >= 4 is 26.8 Å². The molecular formula is C14H11F3N4S. The van der Waals surface area contributed by atoms with Gasteiger partial charge in [-0.3, -0.25) is 0 Å². The zero-order valence-electron chi connectivity index (χ0n) is 12.0. The van der Waals surface area contributed by atoms with E-state index in [2.05, 4.69) is 15.0 Å². The Morgan fingerprint density at radius 2 is 1.73 bits per heavy atom.